The summed E-state index contributed by atoms with van der Waals surface area (Å²) in [5.41, 5.74) is 4.61. The number of oxime groups is 1. The molecule has 1 fully saturated rings. The van der Waals surface area contributed by atoms with E-state index < -0.39 is 5.41 Å². The lowest BCUT2D eigenvalue weighted by molar-refractivity contribution is -0.139. The molecule has 3 N–H and O–H groups in total. The van der Waals surface area contributed by atoms with Crippen LogP contribution in [-0.2, 0) is 9.53 Å². The van der Waals surface area contributed by atoms with Gasteiger partial charge in [0, 0.05) is 20.2 Å². The highest BCUT2D eigenvalue weighted by molar-refractivity contribution is 6.05. The predicted molar refractivity (Wildman–Crippen MR) is 68.4 cm³/mol. The van der Waals surface area contributed by atoms with E-state index in [4.69, 9.17) is 15.7 Å². The minimum absolute atomic E-state index is 0.0543. The number of hydrogen-bond donors (Lipinski definition) is 2. The monoisotopic (exact) mass is 257 g/mol. The van der Waals surface area contributed by atoms with Crippen LogP contribution in [0.25, 0.3) is 0 Å². The van der Waals surface area contributed by atoms with Crippen molar-refractivity contribution >= 4 is 11.7 Å². The topological polar surface area (TPSA) is 88.2 Å². The minimum atomic E-state index is -0.969. The Morgan fingerprint density at radius 2 is 2.28 bits per heavy atom. The van der Waals surface area contributed by atoms with Gasteiger partial charge >= 0.3 is 0 Å². The van der Waals surface area contributed by atoms with Gasteiger partial charge < -0.3 is 20.6 Å². The third-order valence-corrected chi connectivity index (χ3v) is 3.49. The highest BCUT2D eigenvalue weighted by atomic mass is 16.5. The molecule has 0 aromatic carbocycles. The summed E-state index contributed by atoms with van der Waals surface area (Å²) in [5, 5.41) is 11.7. The van der Waals surface area contributed by atoms with Gasteiger partial charge in [-0.2, -0.15) is 0 Å². The summed E-state index contributed by atoms with van der Waals surface area (Å²) in [7, 11) is 1.67. The first-order valence-corrected chi connectivity index (χ1v) is 6.19. The van der Waals surface area contributed by atoms with Gasteiger partial charge in [-0.3, -0.25) is 4.79 Å². The van der Waals surface area contributed by atoms with Crippen molar-refractivity contribution in [1.29, 1.82) is 0 Å². The normalized spacial score (nSPS) is 22.1. The molecule has 1 atom stereocenters. The Kier molecular flexibility index (Phi) is 4.95. The molecule has 1 saturated heterocycles. The number of piperidine rings is 1. The number of likely N-dealkylation sites (tertiary alicyclic amines) is 1. The Morgan fingerprint density at radius 3 is 2.83 bits per heavy atom. The largest absolute Gasteiger partial charge is 0.409 e. The number of hydrogen-bond acceptors (Lipinski definition) is 4. The average molecular weight is 257 g/mol. The van der Waals surface area contributed by atoms with Crippen molar-refractivity contribution in [3.8, 4) is 0 Å². The molecule has 6 nitrogen and oxygen atoms in total. The molecule has 1 unspecified atom stereocenters. The van der Waals surface area contributed by atoms with E-state index in [0.29, 0.717) is 19.1 Å². The first-order valence-electron chi connectivity index (χ1n) is 6.19. The molecule has 0 radical (unpaired) electrons. The molecular weight excluding hydrogens is 234 g/mol. The molecule has 1 rings (SSSR count). The molecule has 1 amide bonds. The Morgan fingerprint density at radius 1 is 1.61 bits per heavy atom. The smallest absolute Gasteiger partial charge is 0.235 e. The number of carbonyl (C=O) groups excluding carboxylic acids is 1. The highest BCUT2D eigenvalue weighted by Crippen LogP contribution is 2.24. The van der Waals surface area contributed by atoms with Crippen molar-refractivity contribution in [2.45, 2.75) is 26.7 Å². The number of ether oxygens (including phenoxy) is 1. The van der Waals surface area contributed by atoms with E-state index in [1.807, 2.05) is 0 Å². The van der Waals surface area contributed by atoms with E-state index in [1.165, 1.54) is 0 Å². The quantitative estimate of drug-likeness (QED) is 0.335. The van der Waals surface area contributed by atoms with Gasteiger partial charge in [0.1, 0.15) is 5.41 Å². The summed E-state index contributed by atoms with van der Waals surface area (Å²) < 4.78 is 5.14. The van der Waals surface area contributed by atoms with Crippen LogP contribution in [0, 0.1) is 11.3 Å². The van der Waals surface area contributed by atoms with E-state index in [2.05, 4.69) is 5.16 Å². The van der Waals surface area contributed by atoms with Gasteiger partial charge in [0.15, 0.2) is 5.84 Å². The van der Waals surface area contributed by atoms with E-state index in [9.17, 15) is 4.79 Å². The van der Waals surface area contributed by atoms with Crippen LogP contribution < -0.4 is 5.73 Å². The lowest BCUT2D eigenvalue weighted by Gasteiger charge is -2.36. The number of methoxy groups -OCH3 is 1. The zero-order chi connectivity index (χ0) is 13.8. The Labute approximate surface area is 108 Å². The van der Waals surface area contributed by atoms with Crippen LogP contribution in [0.2, 0.25) is 0 Å². The fourth-order valence-corrected chi connectivity index (χ4v) is 2.25. The van der Waals surface area contributed by atoms with Gasteiger partial charge in [0.2, 0.25) is 5.91 Å². The van der Waals surface area contributed by atoms with Crippen molar-refractivity contribution in [3.05, 3.63) is 0 Å². The standard InChI is InChI=1S/C12H23N3O3/c1-12(2,10(13)14-17)11(16)15-6-4-5-9(7-15)8-18-3/h9,17H,4-8H2,1-3H3,(H2,13,14). The number of amides is 1. The molecule has 104 valence electrons. The third kappa shape index (κ3) is 3.13. The van der Waals surface area contributed by atoms with Crippen molar-refractivity contribution < 1.29 is 14.7 Å². The molecule has 6 heteroatoms. The Hall–Kier alpha value is -1.30. The molecule has 1 aliphatic heterocycles. The van der Waals surface area contributed by atoms with Crippen LogP contribution in [0.5, 0.6) is 0 Å². The molecule has 0 bridgehead atoms. The Bertz CT molecular complexity index is 327. The summed E-state index contributed by atoms with van der Waals surface area (Å²) in [6, 6.07) is 0. The summed E-state index contributed by atoms with van der Waals surface area (Å²) >= 11 is 0. The van der Waals surface area contributed by atoms with Gasteiger partial charge in [-0.05, 0) is 32.6 Å². The van der Waals surface area contributed by atoms with E-state index in [-0.39, 0.29) is 11.7 Å². The third-order valence-electron chi connectivity index (χ3n) is 3.49. The summed E-state index contributed by atoms with van der Waals surface area (Å²) in [5.74, 6) is 0.218. The summed E-state index contributed by atoms with van der Waals surface area (Å²) in [6.45, 7) is 5.40. The van der Waals surface area contributed by atoms with Crippen LogP contribution in [0.4, 0.5) is 0 Å². The van der Waals surface area contributed by atoms with Gasteiger partial charge in [-0.25, -0.2) is 0 Å². The second-order valence-corrected chi connectivity index (χ2v) is 5.33. The lowest BCUT2D eigenvalue weighted by Crippen LogP contribution is -2.51. The number of nitrogens with zero attached hydrogens (tertiary/aromatic N) is 2. The van der Waals surface area contributed by atoms with Crippen molar-refractivity contribution in [2.75, 3.05) is 26.8 Å². The second kappa shape index (κ2) is 6.04. The van der Waals surface area contributed by atoms with Crippen molar-refractivity contribution in [2.24, 2.45) is 22.2 Å². The number of nitrogens with two attached hydrogens (primary N) is 1. The minimum Gasteiger partial charge on any atom is -0.409 e. The first kappa shape index (κ1) is 14.8. The van der Waals surface area contributed by atoms with Crippen molar-refractivity contribution in [1.82, 2.24) is 4.90 Å². The number of amidine groups is 1. The molecule has 18 heavy (non-hydrogen) atoms. The van der Waals surface area contributed by atoms with Crippen LogP contribution in [0.1, 0.15) is 26.7 Å². The number of rotatable bonds is 4. The van der Waals surface area contributed by atoms with Gasteiger partial charge in [-0.15, -0.1) is 0 Å². The molecule has 0 aliphatic carbocycles. The fraction of sp³-hybridized carbons (Fsp3) is 0.833. The molecule has 0 saturated carbocycles. The number of carbonyl (C=O) groups is 1. The maximum atomic E-state index is 12.4. The zero-order valence-electron chi connectivity index (χ0n) is 11.3. The summed E-state index contributed by atoms with van der Waals surface area (Å²) in [6.07, 6.45) is 2.04. The Balaban J connectivity index is 2.72. The van der Waals surface area contributed by atoms with E-state index in [1.54, 1.807) is 25.9 Å². The predicted octanol–water partition coefficient (Wildman–Crippen LogP) is 0.644. The zero-order valence-corrected chi connectivity index (χ0v) is 11.3. The first-order chi connectivity index (χ1) is 8.43. The molecule has 0 aromatic heterocycles. The highest BCUT2D eigenvalue weighted by Gasteiger charge is 2.38. The maximum absolute atomic E-state index is 12.4. The molecule has 0 spiro atoms. The lowest BCUT2D eigenvalue weighted by atomic mass is 9.88. The van der Waals surface area contributed by atoms with Crippen LogP contribution in [0.3, 0.4) is 0 Å². The van der Waals surface area contributed by atoms with E-state index >= 15 is 0 Å². The molecular formula is C12H23N3O3. The van der Waals surface area contributed by atoms with E-state index in [0.717, 1.165) is 19.4 Å². The SMILES string of the molecule is COCC1CCCN(C(=O)C(C)(C)C(N)=NO)C1. The van der Waals surface area contributed by atoms with Crippen LogP contribution >= 0.6 is 0 Å². The second-order valence-electron chi connectivity index (χ2n) is 5.33. The molecule has 0 aromatic rings. The van der Waals surface area contributed by atoms with Gasteiger partial charge in [0.05, 0.1) is 6.61 Å². The van der Waals surface area contributed by atoms with Gasteiger partial charge in [-0.1, -0.05) is 5.16 Å². The average Bonchev–Trinajstić information content (AvgIpc) is 2.37. The fourth-order valence-electron chi connectivity index (χ4n) is 2.25. The van der Waals surface area contributed by atoms with Gasteiger partial charge in [0.25, 0.3) is 0 Å². The molecule has 1 heterocycles. The van der Waals surface area contributed by atoms with Crippen LogP contribution in [-0.4, -0.2) is 48.7 Å². The maximum Gasteiger partial charge on any atom is 0.235 e. The van der Waals surface area contributed by atoms with Crippen molar-refractivity contribution in [3.63, 3.8) is 0 Å². The molecule has 1 aliphatic rings. The summed E-state index contributed by atoms with van der Waals surface area (Å²) in [4.78, 5) is 14.2. The van der Waals surface area contributed by atoms with Crippen LogP contribution in [0.15, 0.2) is 5.16 Å².